The Balaban J connectivity index is 1.53. The number of rotatable bonds is 2. The molecule has 4 aliphatic rings. The highest BCUT2D eigenvalue weighted by Crippen LogP contribution is 2.53. The Morgan fingerprint density at radius 2 is 1.80 bits per heavy atom. The van der Waals surface area contributed by atoms with Gasteiger partial charge in [0.05, 0.1) is 5.69 Å². The summed E-state index contributed by atoms with van der Waals surface area (Å²) in [5, 5.41) is 6.99. The Morgan fingerprint density at radius 3 is 2.30 bits per heavy atom. The Labute approximate surface area is 118 Å². The number of nitrogens with one attached hydrogen (secondary N) is 1. The first kappa shape index (κ1) is 12.2. The quantitative estimate of drug-likeness (QED) is 0.866. The van der Waals surface area contributed by atoms with Gasteiger partial charge in [0.15, 0.2) is 0 Å². The molecule has 5 nitrogen and oxygen atoms in total. The number of carbonyl (C=O) groups excluding carboxylic acids is 1. The van der Waals surface area contributed by atoms with Gasteiger partial charge in [-0.25, -0.2) is 0 Å². The summed E-state index contributed by atoms with van der Waals surface area (Å²) in [7, 11) is 0. The first-order valence-electron chi connectivity index (χ1n) is 7.64. The summed E-state index contributed by atoms with van der Waals surface area (Å²) >= 11 is 0. The van der Waals surface area contributed by atoms with Gasteiger partial charge in [-0.3, -0.25) is 4.79 Å². The molecule has 1 aromatic rings. The van der Waals surface area contributed by atoms with Crippen LogP contribution in [0.5, 0.6) is 0 Å². The molecule has 5 heteroatoms. The molecule has 0 spiro atoms. The summed E-state index contributed by atoms with van der Waals surface area (Å²) in [6.45, 7) is 1.76. The van der Waals surface area contributed by atoms with Crippen molar-refractivity contribution >= 4 is 11.8 Å². The largest absolute Gasteiger partial charge is 0.367 e. The molecule has 0 aromatic carbocycles. The molecular formula is C15H21N3O2. The summed E-state index contributed by atoms with van der Waals surface area (Å²) in [6.07, 6.45) is 6.57. The SMILES string of the molecule is Cc1noc(N)c1C(=O)NC1C2CC3CC(C2)CC1C3. The fourth-order valence-electron chi connectivity index (χ4n) is 5.05. The average Bonchev–Trinajstić information content (AvgIpc) is 2.72. The minimum absolute atomic E-state index is 0.112. The molecule has 1 amide bonds. The van der Waals surface area contributed by atoms with Gasteiger partial charge in [-0.05, 0) is 62.7 Å². The monoisotopic (exact) mass is 275 g/mol. The van der Waals surface area contributed by atoms with Crippen LogP contribution in [0.25, 0.3) is 0 Å². The molecule has 4 saturated carbocycles. The number of anilines is 1. The van der Waals surface area contributed by atoms with Crippen molar-refractivity contribution in [3.8, 4) is 0 Å². The van der Waals surface area contributed by atoms with Crippen molar-refractivity contribution in [1.82, 2.24) is 10.5 Å². The molecule has 0 radical (unpaired) electrons. The van der Waals surface area contributed by atoms with Gasteiger partial charge in [0.1, 0.15) is 5.56 Å². The summed E-state index contributed by atoms with van der Waals surface area (Å²) in [5.41, 5.74) is 6.69. The van der Waals surface area contributed by atoms with Crippen LogP contribution in [0, 0.1) is 30.6 Å². The summed E-state index contributed by atoms with van der Waals surface area (Å²) in [4.78, 5) is 12.4. The minimum Gasteiger partial charge on any atom is -0.367 e. The average molecular weight is 275 g/mol. The Hall–Kier alpha value is -1.52. The van der Waals surface area contributed by atoms with Crippen molar-refractivity contribution in [3.63, 3.8) is 0 Å². The van der Waals surface area contributed by atoms with Crippen molar-refractivity contribution in [2.75, 3.05) is 5.73 Å². The van der Waals surface area contributed by atoms with Crippen LogP contribution in [-0.2, 0) is 0 Å². The van der Waals surface area contributed by atoms with Gasteiger partial charge in [-0.1, -0.05) is 5.16 Å². The van der Waals surface area contributed by atoms with E-state index < -0.39 is 0 Å². The van der Waals surface area contributed by atoms with Crippen molar-refractivity contribution in [2.24, 2.45) is 23.7 Å². The predicted octanol–water partition coefficient (Wildman–Crippen LogP) is 2.12. The van der Waals surface area contributed by atoms with Gasteiger partial charge < -0.3 is 15.6 Å². The molecular weight excluding hydrogens is 254 g/mol. The highest BCUT2D eigenvalue weighted by Gasteiger charge is 2.48. The maximum Gasteiger partial charge on any atom is 0.259 e. The third-order valence-corrected chi connectivity index (χ3v) is 5.64. The van der Waals surface area contributed by atoms with Crippen LogP contribution in [0.3, 0.4) is 0 Å². The van der Waals surface area contributed by atoms with Crippen molar-refractivity contribution in [2.45, 2.75) is 45.1 Å². The fourth-order valence-corrected chi connectivity index (χ4v) is 5.05. The van der Waals surface area contributed by atoms with Crippen LogP contribution in [-0.4, -0.2) is 17.1 Å². The van der Waals surface area contributed by atoms with E-state index in [9.17, 15) is 4.79 Å². The molecule has 1 heterocycles. The van der Waals surface area contributed by atoms with Crippen LogP contribution in [0.4, 0.5) is 5.88 Å². The smallest absolute Gasteiger partial charge is 0.259 e. The molecule has 4 fully saturated rings. The van der Waals surface area contributed by atoms with Gasteiger partial charge in [-0.2, -0.15) is 0 Å². The molecule has 4 bridgehead atoms. The van der Waals surface area contributed by atoms with Crippen molar-refractivity contribution < 1.29 is 9.32 Å². The van der Waals surface area contributed by atoms with E-state index in [1.807, 2.05) is 0 Å². The second-order valence-corrected chi connectivity index (χ2v) is 6.94. The molecule has 108 valence electrons. The zero-order valence-electron chi connectivity index (χ0n) is 11.8. The van der Waals surface area contributed by atoms with E-state index in [0.29, 0.717) is 29.1 Å². The lowest BCUT2D eigenvalue weighted by atomic mass is 9.54. The zero-order chi connectivity index (χ0) is 13.9. The molecule has 0 saturated heterocycles. The lowest BCUT2D eigenvalue weighted by Gasteiger charge is -2.54. The van der Waals surface area contributed by atoms with Gasteiger partial charge in [0, 0.05) is 6.04 Å². The lowest BCUT2D eigenvalue weighted by Crippen LogP contribution is -2.55. The van der Waals surface area contributed by atoms with Gasteiger partial charge in [-0.15, -0.1) is 0 Å². The number of nitrogen functional groups attached to an aromatic ring is 1. The topological polar surface area (TPSA) is 81.2 Å². The predicted molar refractivity (Wildman–Crippen MR) is 74.0 cm³/mol. The summed E-state index contributed by atoms with van der Waals surface area (Å²) in [5.74, 6) is 3.16. The van der Waals surface area contributed by atoms with E-state index in [1.165, 1.54) is 32.1 Å². The third-order valence-electron chi connectivity index (χ3n) is 5.64. The number of nitrogens with zero attached hydrogens (tertiary/aromatic N) is 1. The van der Waals surface area contributed by atoms with E-state index >= 15 is 0 Å². The van der Waals surface area contributed by atoms with Crippen molar-refractivity contribution in [3.05, 3.63) is 11.3 Å². The lowest BCUT2D eigenvalue weighted by molar-refractivity contribution is -0.0119. The molecule has 3 N–H and O–H groups in total. The molecule has 20 heavy (non-hydrogen) atoms. The second kappa shape index (κ2) is 4.24. The summed E-state index contributed by atoms with van der Waals surface area (Å²) < 4.78 is 4.89. The van der Waals surface area contributed by atoms with Crippen LogP contribution >= 0.6 is 0 Å². The summed E-state index contributed by atoms with van der Waals surface area (Å²) in [6, 6.07) is 0.323. The Morgan fingerprint density at radius 1 is 1.20 bits per heavy atom. The van der Waals surface area contributed by atoms with Gasteiger partial charge >= 0.3 is 0 Å². The number of aryl methyl sites for hydroxylation is 1. The molecule has 1 aromatic heterocycles. The highest BCUT2D eigenvalue weighted by molar-refractivity contribution is 5.99. The standard InChI is InChI=1S/C15H21N3O2/c1-7-12(14(16)20-18-7)15(19)17-13-10-3-8-2-9(5-10)6-11(13)4-8/h8-11,13H,2-6,16H2,1H3,(H,17,19). The van der Waals surface area contributed by atoms with Crippen molar-refractivity contribution in [1.29, 1.82) is 0 Å². The molecule has 5 rings (SSSR count). The first-order valence-corrected chi connectivity index (χ1v) is 7.64. The number of aromatic nitrogens is 1. The maximum absolute atomic E-state index is 12.4. The second-order valence-electron chi connectivity index (χ2n) is 6.94. The number of hydrogen-bond donors (Lipinski definition) is 2. The Kier molecular flexibility index (Phi) is 2.59. The normalized spacial score (nSPS) is 38.1. The zero-order valence-corrected chi connectivity index (χ0v) is 11.8. The number of nitrogens with two attached hydrogens (primary N) is 1. The molecule has 0 atom stereocenters. The minimum atomic E-state index is -0.112. The highest BCUT2D eigenvalue weighted by atomic mass is 16.5. The number of amides is 1. The maximum atomic E-state index is 12.4. The van der Waals surface area contributed by atoms with E-state index in [0.717, 1.165) is 11.8 Å². The fraction of sp³-hybridized carbons (Fsp3) is 0.733. The Bertz CT molecular complexity index is 504. The van der Waals surface area contributed by atoms with E-state index in [4.69, 9.17) is 10.3 Å². The molecule has 0 aliphatic heterocycles. The number of hydrogen-bond acceptors (Lipinski definition) is 4. The third kappa shape index (κ3) is 1.75. The van der Waals surface area contributed by atoms with E-state index in [1.54, 1.807) is 6.92 Å². The van der Waals surface area contributed by atoms with Crippen LogP contribution in [0.1, 0.15) is 48.2 Å². The van der Waals surface area contributed by atoms with Gasteiger partial charge in [0.25, 0.3) is 5.91 Å². The van der Waals surface area contributed by atoms with Crippen LogP contribution in [0.15, 0.2) is 4.52 Å². The van der Waals surface area contributed by atoms with E-state index in [2.05, 4.69) is 10.5 Å². The first-order chi connectivity index (χ1) is 9.61. The molecule has 4 aliphatic carbocycles. The van der Waals surface area contributed by atoms with E-state index in [-0.39, 0.29) is 11.8 Å². The van der Waals surface area contributed by atoms with Gasteiger partial charge in [0.2, 0.25) is 5.88 Å². The van der Waals surface area contributed by atoms with Crippen LogP contribution in [0.2, 0.25) is 0 Å². The molecule has 0 unspecified atom stereocenters. The number of carbonyl (C=O) groups is 1. The van der Waals surface area contributed by atoms with Crippen LogP contribution < -0.4 is 11.1 Å².